The van der Waals surface area contributed by atoms with Gasteiger partial charge in [0.1, 0.15) is 0 Å². The number of hydrogen-bond acceptors (Lipinski definition) is 7. The van der Waals surface area contributed by atoms with E-state index in [1.165, 1.54) is 17.9 Å². The highest BCUT2D eigenvalue weighted by Crippen LogP contribution is 2.50. The van der Waals surface area contributed by atoms with Crippen molar-refractivity contribution in [3.05, 3.63) is 81.1 Å². The van der Waals surface area contributed by atoms with Crippen LogP contribution in [0.5, 0.6) is 17.2 Å². The monoisotopic (exact) mass is 666 g/mol. The van der Waals surface area contributed by atoms with Crippen LogP contribution in [0.15, 0.2) is 53.3 Å². The molecule has 0 unspecified atom stereocenters. The molecule has 4 aromatic rings. The van der Waals surface area contributed by atoms with Gasteiger partial charge in [-0.25, -0.2) is 0 Å². The fraction of sp³-hybridized carbons (Fsp3) is 0.410. The second-order valence-electron chi connectivity index (χ2n) is 12.9. The van der Waals surface area contributed by atoms with Gasteiger partial charge in [0.25, 0.3) is 0 Å². The van der Waals surface area contributed by atoms with E-state index in [1.807, 2.05) is 18.2 Å². The van der Waals surface area contributed by atoms with Crippen LogP contribution in [0.3, 0.4) is 0 Å². The SMILES string of the molecule is COc1cc2c(c(OC)c1OC)-c1ccc(NCCCCCC(=O)N[C@@H]3CCCc4c3[nH]c3ccccc43)c(=O)cc1[C@@H](NC(C)=O)CC2. The van der Waals surface area contributed by atoms with Gasteiger partial charge >= 0.3 is 0 Å². The highest BCUT2D eigenvalue weighted by Gasteiger charge is 2.30. The lowest BCUT2D eigenvalue weighted by Gasteiger charge is -2.24. The lowest BCUT2D eigenvalue weighted by molar-refractivity contribution is -0.122. The topological polar surface area (TPSA) is 131 Å². The van der Waals surface area contributed by atoms with Crippen LogP contribution in [-0.4, -0.2) is 44.7 Å². The summed E-state index contributed by atoms with van der Waals surface area (Å²) >= 11 is 0. The van der Waals surface area contributed by atoms with Crippen molar-refractivity contribution in [3.8, 4) is 28.4 Å². The summed E-state index contributed by atoms with van der Waals surface area (Å²) < 4.78 is 17.2. The number of aromatic amines is 1. The molecule has 0 spiro atoms. The number of anilines is 1. The number of unbranched alkanes of at least 4 members (excludes halogenated alkanes) is 2. The van der Waals surface area contributed by atoms with Crippen LogP contribution in [0.25, 0.3) is 22.0 Å². The molecule has 10 nitrogen and oxygen atoms in total. The number of amides is 2. The number of carbonyl (C=O) groups is 2. The molecule has 258 valence electrons. The molecular weight excluding hydrogens is 620 g/mol. The third-order valence-electron chi connectivity index (χ3n) is 9.76. The van der Waals surface area contributed by atoms with E-state index in [9.17, 15) is 14.4 Å². The van der Waals surface area contributed by atoms with Gasteiger partial charge in [-0.1, -0.05) is 30.7 Å². The van der Waals surface area contributed by atoms with E-state index in [-0.39, 0.29) is 29.3 Å². The number of benzene rings is 2. The minimum absolute atomic E-state index is 0.0232. The molecule has 0 saturated carbocycles. The molecule has 0 radical (unpaired) electrons. The summed E-state index contributed by atoms with van der Waals surface area (Å²) in [5.41, 5.74) is 7.22. The zero-order valence-corrected chi connectivity index (χ0v) is 28.8. The van der Waals surface area contributed by atoms with Crippen LogP contribution in [0.4, 0.5) is 5.69 Å². The van der Waals surface area contributed by atoms with Gasteiger partial charge in [0.2, 0.25) is 23.0 Å². The van der Waals surface area contributed by atoms with Crippen molar-refractivity contribution in [2.75, 3.05) is 33.2 Å². The van der Waals surface area contributed by atoms with Gasteiger partial charge in [0.15, 0.2) is 11.5 Å². The Morgan fingerprint density at radius 1 is 0.878 bits per heavy atom. The molecule has 6 rings (SSSR count). The first kappa shape index (κ1) is 33.9. The summed E-state index contributed by atoms with van der Waals surface area (Å²) in [6.45, 7) is 2.07. The van der Waals surface area contributed by atoms with Crippen molar-refractivity contribution in [2.24, 2.45) is 0 Å². The Morgan fingerprint density at radius 2 is 1.69 bits per heavy atom. The Kier molecular flexibility index (Phi) is 10.4. The van der Waals surface area contributed by atoms with Crippen molar-refractivity contribution in [2.45, 2.75) is 76.8 Å². The molecule has 3 aromatic carbocycles. The summed E-state index contributed by atoms with van der Waals surface area (Å²) in [4.78, 5) is 42.2. The molecule has 4 N–H and O–H groups in total. The second-order valence-corrected chi connectivity index (χ2v) is 12.9. The van der Waals surface area contributed by atoms with Gasteiger partial charge < -0.3 is 35.1 Å². The molecule has 2 aliphatic rings. The molecule has 0 saturated heterocycles. The van der Waals surface area contributed by atoms with Crippen molar-refractivity contribution in [1.29, 1.82) is 0 Å². The Morgan fingerprint density at radius 3 is 2.47 bits per heavy atom. The fourth-order valence-corrected chi connectivity index (χ4v) is 7.49. The molecule has 2 amide bonds. The number of carbonyl (C=O) groups excluding carboxylic acids is 2. The van der Waals surface area contributed by atoms with Gasteiger partial charge in [0, 0.05) is 42.0 Å². The zero-order valence-electron chi connectivity index (χ0n) is 28.8. The average Bonchev–Trinajstić information content (AvgIpc) is 3.33. The van der Waals surface area contributed by atoms with Gasteiger partial charge in [-0.15, -0.1) is 0 Å². The van der Waals surface area contributed by atoms with Gasteiger partial charge in [0.05, 0.1) is 39.1 Å². The van der Waals surface area contributed by atoms with Crippen molar-refractivity contribution in [3.63, 3.8) is 0 Å². The Labute approximate surface area is 286 Å². The summed E-state index contributed by atoms with van der Waals surface area (Å²) in [6, 6.07) is 15.3. The minimum Gasteiger partial charge on any atom is -0.493 e. The van der Waals surface area contributed by atoms with Crippen LogP contribution in [0.1, 0.15) is 86.3 Å². The molecule has 0 fully saturated rings. The first-order valence-electron chi connectivity index (χ1n) is 17.2. The van der Waals surface area contributed by atoms with Crippen molar-refractivity contribution >= 4 is 28.4 Å². The molecule has 2 atom stereocenters. The Bertz CT molecular complexity index is 1920. The zero-order chi connectivity index (χ0) is 34.5. The number of H-pyrrole nitrogens is 1. The quantitative estimate of drug-likeness (QED) is 0.127. The molecule has 10 heteroatoms. The van der Waals surface area contributed by atoms with E-state index in [0.717, 1.165) is 72.0 Å². The number of aromatic nitrogens is 1. The summed E-state index contributed by atoms with van der Waals surface area (Å²) in [6.07, 6.45) is 7.16. The predicted octanol–water partition coefficient (Wildman–Crippen LogP) is 6.51. The molecule has 1 heterocycles. The summed E-state index contributed by atoms with van der Waals surface area (Å²) in [5.74, 6) is 1.44. The van der Waals surface area contributed by atoms with Crippen LogP contribution in [0.2, 0.25) is 0 Å². The van der Waals surface area contributed by atoms with Crippen LogP contribution in [0, 0.1) is 0 Å². The maximum atomic E-state index is 13.6. The molecular formula is C39H46N4O6. The highest BCUT2D eigenvalue weighted by atomic mass is 16.5. The maximum Gasteiger partial charge on any atom is 0.220 e. The highest BCUT2D eigenvalue weighted by molar-refractivity contribution is 5.86. The molecule has 49 heavy (non-hydrogen) atoms. The van der Waals surface area contributed by atoms with Gasteiger partial charge in [-0.2, -0.15) is 0 Å². The largest absolute Gasteiger partial charge is 0.493 e. The number of methoxy groups -OCH3 is 3. The van der Waals surface area contributed by atoms with Crippen molar-refractivity contribution < 1.29 is 23.8 Å². The maximum absolute atomic E-state index is 13.6. The number of hydrogen-bond donors (Lipinski definition) is 4. The van der Waals surface area contributed by atoms with Gasteiger partial charge in [-0.3, -0.25) is 14.4 Å². The third-order valence-corrected chi connectivity index (χ3v) is 9.76. The van der Waals surface area contributed by atoms with E-state index in [1.54, 1.807) is 33.5 Å². The molecule has 2 aliphatic carbocycles. The standard InChI is InChI=1S/C39H46N4O6/c1-23(44)41-30-18-16-24-21-34(47-2)38(48-3)39(49-4)36(24)26-17-19-31(33(45)22-28(26)30)40-20-9-5-6-15-35(46)42-32-14-10-12-27-25-11-7-8-13-29(25)43-37(27)32/h7-8,11,13,17,19,21-22,30,32,43H,5-6,9-10,12,14-16,18,20H2,1-4H3,(H,40,45)(H,41,44)(H,42,46)/t30-,32+/m0/s1. The van der Waals surface area contributed by atoms with Crippen LogP contribution >= 0.6 is 0 Å². The first-order valence-corrected chi connectivity index (χ1v) is 17.2. The number of para-hydroxylation sites is 1. The first-order chi connectivity index (χ1) is 23.8. The fourth-order valence-electron chi connectivity index (χ4n) is 7.49. The number of ether oxygens (including phenoxy) is 3. The summed E-state index contributed by atoms with van der Waals surface area (Å²) in [7, 11) is 4.74. The van der Waals surface area contributed by atoms with Crippen LogP contribution < -0.4 is 35.6 Å². The lowest BCUT2D eigenvalue weighted by Crippen LogP contribution is -2.30. The van der Waals surface area contributed by atoms with E-state index < -0.39 is 0 Å². The molecule has 0 bridgehead atoms. The van der Waals surface area contributed by atoms with E-state index in [2.05, 4.69) is 39.1 Å². The average molecular weight is 667 g/mol. The number of fused-ring (bicyclic) bond motifs is 6. The Balaban J connectivity index is 1.11. The summed E-state index contributed by atoms with van der Waals surface area (Å²) in [5, 5.41) is 10.9. The van der Waals surface area contributed by atoms with Crippen LogP contribution in [-0.2, 0) is 22.4 Å². The van der Waals surface area contributed by atoms with Crippen molar-refractivity contribution in [1.82, 2.24) is 15.6 Å². The number of nitrogens with one attached hydrogen (secondary N) is 4. The minimum atomic E-state index is -0.364. The Hall–Kier alpha value is -4.99. The second kappa shape index (κ2) is 15.1. The molecule has 1 aromatic heterocycles. The smallest absolute Gasteiger partial charge is 0.220 e. The van der Waals surface area contributed by atoms with E-state index in [0.29, 0.717) is 48.7 Å². The predicted molar refractivity (Wildman–Crippen MR) is 192 cm³/mol. The van der Waals surface area contributed by atoms with E-state index in [4.69, 9.17) is 14.2 Å². The normalized spacial score (nSPS) is 16.4. The van der Waals surface area contributed by atoms with Gasteiger partial charge in [-0.05, 0) is 91.5 Å². The third kappa shape index (κ3) is 7.09. The number of aryl methyl sites for hydroxylation is 2. The molecule has 0 aliphatic heterocycles. The lowest BCUT2D eigenvalue weighted by atomic mass is 9.91. The number of rotatable bonds is 12. The van der Waals surface area contributed by atoms with E-state index >= 15 is 0 Å².